The van der Waals surface area contributed by atoms with Gasteiger partial charge in [-0.3, -0.25) is 4.79 Å². The smallest absolute Gasteiger partial charge is 0.199 e. The molecule has 0 bridgehead atoms. The first-order chi connectivity index (χ1) is 13.1. The van der Waals surface area contributed by atoms with Crippen molar-refractivity contribution < 1.29 is 14.6 Å². The van der Waals surface area contributed by atoms with Crippen molar-refractivity contribution in [2.45, 2.75) is 6.92 Å². The number of carbonyl (C=O) groups is 1. The van der Waals surface area contributed by atoms with Crippen molar-refractivity contribution in [2.75, 3.05) is 0 Å². The predicted molar refractivity (Wildman–Crippen MR) is 106 cm³/mol. The van der Waals surface area contributed by atoms with Crippen LogP contribution in [0.2, 0.25) is 0 Å². The Kier molecular flexibility index (Phi) is 4.30. The number of fused-ring (bicyclic) bond motifs is 1. The molecule has 4 rings (SSSR count). The van der Waals surface area contributed by atoms with Gasteiger partial charge < -0.3 is 9.84 Å². The Labute approximate surface area is 157 Å². The van der Waals surface area contributed by atoms with Gasteiger partial charge in [-0.05, 0) is 31.2 Å². The van der Waals surface area contributed by atoms with Gasteiger partial charge in [-0.2, -0.15) is 0 Å². The van der Waals surface area contributed by atoms with Crippen LogP contribution in [0.4, 0.5) is 5.69 Å². The fourth-order valence-corrected chi connectivity index (χ4v) is 3.09. The minimum atomic E-state index is -0.217. The van der Waals surface area contributed by atoms with Crippen molar-refractivity contribution in [3.8, 4) is 11.5 Å². The zero-order valence-corrected chi connectivity index (χ0v) is 14.7. The molecule has 132 valence electrons. The number of aliphatic hydroxyl groups is 1. The quantitative estimate of drug-likeness (QED) is 0.607. The highest BCUT2D eigenvalue weighted by Gasteiger charge is 2.31. The molecular formula is C23H17NO3. The summed E-state index contributed by atoms with van der Waals surface area (Å²) in [5.74, 6) is 1.03. The lowest BCUT2D eigenvalue weighted by Crippen LogP contribution is -2.07. The molecule has 0 saturated heterocycles. The molecule has 4 heteroatoms. The van der Waals surface area contributed by atoms with Crippen molar-refractivity contribution in [2.24, 2.45) is 4.99 Å². The van der Waals surface area contributed by atoms with Crippen molar-refractivity contribution >= 4 is 22.9 Å². The topological polar surface area (TPSA) is 58.9 Å². The van der Waals surface area contributed by atoms with Crippen molar-refractivity contribution in [1.29, 1.82) is 0 Å². The van der Waals surface area contributed by atoms with E-state index in [9.17, 15) is 9.90 Å². The van der Waals surface area contributed by atoms with Gasteiger partial charge in [0, 0.05) is 11.1 Å². The number of rotatable bonds is 4. The molecule has 0 amide bonds. The van der Waals surface area contributed by atoms with Gasteiger partial charge >= 0.3 is 0 Å². The molecular weight excluding hydrogens is 338 g/mol. The van der Waals surface area contributed by atoms with Gasteiger partial charge in [0.2, 0.25) is 0 Å². The van der Waals surface area contributed by atoms with Crippen molar-refractivity contribution in [3.05, 3.63) is 95.6 Å². The van der Waals surface area contributed by atoms with Crippen molar-refractivity contribution in [1.82, 2.24) is 0 Å². The minimum Gasteiger partial charge on any atom is -0.506 e. The number of allylic oxidation sites excluding steroid dienone is 1. The molecule has 1 aliphatic rings. The zero-order chi connectivity index (χ0) is 18.8. The number of nitrogens with zero attached hydrogens (tertiary/aromatic N) is 1. The average Bonchev–Trinajstić information content (AvgIpc) is 2.95. The number of Topliss-reactive ketones (excluding diaryl/α,β-unsaturated/α-hetero) is 1. The van der Waals surface area contributed by atoms with E-state index in [1.165, 1.54) is 0 Å². The molecule has 1 N–H and O–H groups in total. The molecule has 3 aromatic carbocycles. The van der Waals surface area contributed by atoms with E-state index in [1.54, 1.807) is 31.2 Å². The van der Waals surface area contributed by atoms with E-state index in [0.29, 0.717) is 34.0 Å². The third-order valence-electron chi connectivity index (χ3n) is 4.38. The summed E-state index contributed by atoms with van der Waals surface area (Å²) in [5.41, 5.74) is 2.29. The first kappa shape index (κ1) is 16.8. The van der Waals surface area contributed by atoms with Gasteiger partial charge in [0.1, 0.15) is 17.2 Å². The Hall–Kier alpha value is -3.66. The first-order valence-electron chi connectivity index (χ1n) is 8.60. The third kappa shape index (κ3) is 3.13. The Morgan fingerprint density at radius 3 is 2.22 bits per heavy atom. The second-order valence-electron chi connectivity index (χ2n) is 6.18. The highest BCUT2D eigenvalue weighted by Crippen LogP contribution is 2.35. The number of aliphatic imine (C=N–C) groups is 1. The fraction of sp³-hybridized carbons (Fsp3) is 0.0435. The van der Waals surface area contributed by atoms with Crippen LogP contribution in [0.1, 0.15) is 22.8 Å². The lowest BCUT2D eigenvalue weighted by atomic mass is 10.1. The Morgan fingerprint density at radius 2 is 1.48 bits per heavy atom. The standard InChI is InChI=1S/C23H17NO3/c1-15(21-22(25)17-11-5-6-12-18(17)23(21)26)24-19-13-7-8-14-20(19)27-16-9-3-2-4-10-16/h2-14,25H,1H3. The van der Waals surface area contributed by atoms with Crippen LogP contribution < -0.4 is 4.74 Å². The molecule has 1 aliphatic carbocycles. The lowest BCUT2D eigenvalue weighted by molar-refractivity contribution is 0.104. The fourth-order valence-electron chi connectivity index (χ4n) is 3.09. The van der Waals surface area contributed by atoms with E-state index in [4.69, 9.17) is 4.74 Å². The SMILES string of the molecule is CC(=Nc1ccccc1Oc1ccccc1)C1=C(O)c2ccccc2C1=O. The summed E-state index contributed by atoms with van der Waals surface area (Å²) in [6, 6.07) is 23.8. The summed E-state index contributed by atoms with van der Waals surface area (Å²) >= 11 is 0. The predicted octanol–water partition coefficient (Wildman–Crippen LogP) is 5.74. The van der Waals surface area contributed by atoms with E-state index in [-0.39, 0.29) is 17.1 Å². The van der Waals surface area contributed by atoms with Gasteiger partial charge in [0.25, 0.3) is 0 Å². The molecule has 0 aromatic heterocycles. The first-order valence-corrected chi connectivity index (χ1v) is 8.60. The van der Waals surface area contributed by atoms with E-state index in [2.05, 4.69) is 4.99 Å². The van der Waals surface area contributed by atoms with Crippen LogP contribution in [-0.2, 0) is 0 Å². The molecule has 0 radical (unpaired) electrons. The maximum Gasteiger partial charge on any atom is 0.199 e. The Morgan fingerprint density at radius 1 is 0.852 bits per heavy atom. The van der Waals surface area contributed by atoms with Crippen LogP contribution in [0.25, 0.3) is 5.76 Å². The van der Waals surface area contributed by atoms with Crippen molar-refractivity contribution in [3.63, 3.8) is 0 Å². The van der Waals surface area contributed by atoms with Gasteiger partial charge in [-0.15, -0.1) is 0 Å². The molecule has 0 saturated carbocycles. The monoisotopic (exact) mass is 355 g/mol. The minimum absolute atomic E-state index is 0.0293. The van der Waals surface area contributed by atoms with E-state index in [0.717, 1.165) is 0 Å². The lowest BCUT2D eigenvalue weighted by Gasteiger charge is -2.09. The molecule has 0 spiro atoms. The number of ether oxygens (including phenoxy) is 1. The Bertz CT molecular complexity index is 1080. The normalized spacial score (nSPS) is 13.7. The summed E-state index contributed by atoms with van der Waals surface area (Å²) in [5, 5.41) is 10.5. The van der Waals surface area contributed by atoms with E-state index < -0.39 is 0 Å². The number of aliphatic hydroxyl groups excluding tert-OH is 1. The highest BCUT2D eigenvalue weighted by molar-refractivity contribution is 6.35. The summed E-state index contributed by atoms with van der Waals surface area (Å²) in [4.78, 5) is 17.3. The second-order valence-corrected chi connectivity index (χ2v) is 6.18. The molecule has 4 nitrogen and oxygen atoms in total. The molecule has 0 fully saturated rings. The maximum atomic E-state index is 12.7. The number of para-hydroxylation sites is 3. The Balaban J connectivity index is 1.71. The molecule has 0 unspecified atom stereocenters. The number of hydrogen-bond acceptors (Lipinski definition) is 4. The third-order valence-corrected chi connectivity index (χ3v) is 4.38. The summed E-state index contributed by atoms with van der Waals surface area (Å²) < 4.78 is 5.92. The van der Waals surface area contributed by atoms with E-state index >= 15 is 0 Å². The van der Waals surface area contributed by atoms with E-state index in [1.807, 2.05) is 54.6 Å². The molecule has 27 heavy (non-hydrogen) atoms. The van der Waals surface area contributed by atoms with Crippen LogP contribution in [0.15, 0.2) is 89.4 Å². The number of hydrogen-bond donors (Lipinski definition) is 1. The highest BCUT2D eigenvalue weighted by atomic mass is 16.5. The largest absolute Gasteiger partial charge is 0.506 e. The molecule has 0 atom stereocenters. The average molecular weight is 355 g/mol. The summed E-state index contributed by atoms with van der Waals surface area (Å²) in [7, 11) is 0. The second kappa shape index (κ2) is 6.92. The summed E-state index contributed by atoms with van der Waals surface area (Å²) in [6.45, 7) is 1.72. The summed E-state index contributed by atoms with van der Waals surface area (Å²) in [6.07, 6.45) is 0. The van der Waals surface area contributed by atoms with Crippen LogP contribution in [0, 0.1) is 0 Å². The van der Waals surface area contributed by atoms with Crippen LogP contribution >= 0.6 is 0 Å². The van der Waals surface area contributed by atoms with Crippen LogP contribution in [0.3, 0.4) is 0 Å². The maximum absolute atomic E-state index is 12.7. The van der Waals surface area contributed by atoms with Gasteiger partial charge in [0.15, 0.2) is 11.5 Å². The van der Waals surface area contributed by atoms with Gasteiger partial charge in [-0.1, -0.05) is 54.6 Å². The number of carbonyl (C=O) groups excluding carboxylic acids is 1. The zero-order valence-electron chi connectivity index (χ0n) is 14.7. The van der Waals surface area contributed by atoms with Gasteiger partial charge in [-0.25, -0.2) is 4.99 Å². The molecule has 0 aliphatic heterocycles. The molecule has 3 aromatic rings. The van der Waals surface area contributed by atoms with Crippen LogP contribution in [0.5, 0.6) is 11.5 Å². The van der Waals surface area contributed by atoms with Crippen LogP contribution in [-0.4, -0.2) is 16.6 Å². The number of benzene rings is 3. The molecule has 0 heterocycles. The van der Waals surface area contributed by atoms with Gasteiger partial charge in [0.05, 0.1) is 11.3 Å². The number of ketones is 1.